The first-order valence-corrected chi connectivity index (χ1v) is 32.1. The van der Waals surface area contributed by atoms with E-state index in [4.69, 9.17) is 47.7 Å². The number of aromatic nitrogens is 8. The Morgan fingerprint density at radius 2 is 1.32 bits per heavy atom. The first kappa shape index (κ1) is 73.0. The average molecular weight is 1300 g/mol. The monoisotopic (exact) mass is 1300 g/mol. The van der Waals surface area contributed by atoms with Gasteiger partial charge in [-0.1, -0.05) is 42.5 Å². The van der Waals surface area contributed by atoms with E-state index in [1.54, 1.807) is 17.1 Å². The molecule has 8 rings (SSSR count). The van der Waals surface area contributed by atoms with Crippen LogP contribution in [0.5, 0.6) is 11.5 Å². The Balaban J connectivity index is 0.000000896. The molecule has 2 saturated heterocycles. The fourth-order valence-corrected chi connectivity index (χ4v) is 11.4. The maximum Gasteiger partial charge on any atom is 0.298 e. The Bertz CT molecular complexity index is 2850. The Labute approximate surface area is 535 Å². The molecule has 5 heterocycles. The molecule has 92 heavy (non-hydrogen) atoms. The van der Waals surface area contributed by atoms with Crippen molar-refractivity contribution in [2.24, 2.45) is 5.92 Å². The van der Waals surface area contributed by atoms with E-state index in [1.165, 1.54) is 0 Å². The Kier molecular flexibility index (Phi) is 31.8. The number of amides is 1. The molecule has 510 valence electrons. The van der Waals surface area contributed by atoms with Crippen LogP contribution < -0.4 is 19.7 Å². The zero-order valence-electron chi connectivity index (χ0n) is 53.5. The lowest BCUT2D eigenvalue weighted by atomic mass is 9.86. The molecule has 0 radical (unpaired) electrons. The zero-order valence-corrected chi connectivity index (χ0v) is 53.5. The summed E-state index contributed by atoms with van der Waals surface area (Å²) < 4.78 is 123. The molecule has 23 nitrogen and oxygen atoms in total. The summed E-state index contributed by atoms with van der Waals surface area (Å²) in [6.45, 7) is 20.0. The third-order valence-corrected chi connectivity index (χ3v) is 16.2. The fraction of sp³-hybridized carbons (Fsp3) is 0.656. The molecule has 5 unspecified atom stereocenters. The summed E-state index contributed by atoms with van der Waals surface area (Å²) in [5.41, 5.74) is 1.72. The maximum atomic E-state index is 13.9. The van der Waals surface area contributed by atoms with Crippen LogP contribution in [0.25, 0.3) is 0 Å². The first-order chi connectivity index (χ1) is 44.7. The minimum Gasteiger partial charge on any atom is -0.484 e. The molecule has 3 fully saturated rings. The van der Waals surface area contributed by atoms with E-state index in [2.05, 4.69) is 70.6 Å². The van der Waals surface area contributed by atoms with Gasteiger partial charge in [-0.15, -0.1) is 15.3 Å². The highest BCUT2D eigenvalue weighted by atomic mass is 19.3. The molecule has 2 aliphatic heterocycles. The van der Waals surface area contributed by atoms with Gasteiger partial charge in [-0.2, -0.15) is 0 Å². The second kappa shape index (κ2) is 40.0. The summed E-state index contributed by atoms with van der Waals surface area (Å²) in [5.74, 6) is -4.39. The van der Waals surface area contributed by atoms with Crippen LogP contribution in [0.3, 0.4) is 0 Å². The van der Waals surface area contributed by atoms with Gasteiger partial charge in [0.05, 0.1) is 130 Å². The SMILES string of the molecule is CCCOCCOCCOCCOCCOCCOCCOCCOCCn1cc(COc2cnc(N3CCC(c4nnc(C)n4C(C)CC4CCC(C)N4CCC(NC(=O)C4CCC(F)(F)CC4)c4ccccc4)C3)nc2)nn1.O=COc1c(F)cc(F)cc1F. The van der Waals surface area contributed by atoms with Crippen molar-refractivity contribution < 1.29 is 78.9 Å². The summed E-state index contributed by atoms with van der Waals surface area (Å²) in [7, 11) is 0. The number of hydrogen-bond acceptors (Lipinski definition) is 20. The molecule has 1 amide bonds. The van der Waals surface area contributed by atoms with Gasteiger partial charge in [-0.3, -0.25) is 14.5 Å². The standard InChI is InChI=1S/C57H89F2N11O10.C7H3F3O2/c1-5-22-72-24-26-74-28-30-76-32-34-78-36-37-79-35-33-77-31-29-75-27-25-73-23-21-68-42-50(64-66-68)43-80-52-39-60-56(61-40-52)67-19-15-49(41-67)54-65-63-46(4)70(54)45(3)38-51-12-11-44(2)69(51)20-16-53(47-9-7-6-8-10-47)62-55(71)48-13-17-57(58,59)18-14-48;8-4-1-5(9)7(12-3-11)6(10)2-4/h6-10,39-40,42,44-45,48-49,51,53H,5,11-38,41,43H2,1-4H3,(H,62,71);1-3H. The third kappa shape index (κ3) is 24.8. The average Bonchev–Trinajstić information content (AvgIpc) is 1.65. The van der Waals surface area contributed by atoms with E-state index in [9.17, 15) is 31.5 Å². The number of ether oxygens (including phenoxy) is 10. The van der Waals surface area contributed by atoms with Gasteiger partial charge in [-0.25, -0.2) is 36.6 Å². The van der Waals surface area contributed by atoms with E-state index in [0.29, 0.717) is 147 Å². The number of likely N-dealkylation sites (tertiary alicyclic amines) is 1. The van der Waals surface area contributed by atoms with Crippen molar-refractivity contribution in [3.8, 4) is 11.5 Å². The van der Waals surface area contributed by atoms with Crippen LogP contribution in [0, 0.1) is 30.3 Å². The van der Waals surface area contributed by atoms with Crippen molar-refractivity contribution in [3.05, 3.63) is 101 Å². The van der Waals surface area contributed by atoms with Crippen LogP contribution >= 0.6 is 0 Å². The van der Waals surface area contributed by atoms with Gasteiger partial charge in [-0.05, 0) is 77.7 Å². The number of carbonyl (C=O) groups is 2. The van der Waals surface area contributed by atoms with Crippen LogP contribution in [0.4, 0.5) is 27.9 Å². The fourth-order valence-electron chi connectivity index (χ4n) is 11.4. The zero-order chi connectivity index (χ0) is 65.3. The van der Waals surface area contributed by atoms with Gasteiger partial charge in [0.15, 0.2) is 17.4 Å². The van der Waals surface area contributed by atoms with Crippen molar-refractivity contribution in [1.29, 1.82) is 0 Å². The molecule has 0 spiro atoms. The van der Waals surface area contributed by atoms with E-state index < -0.39 is 29.1 Å². The highest BCUT2D eigenvalue weighted by molar-refractivity contribution is 5.79. The number of hydrogen-bond donors (Lipinski definition) is 1. The van der Waals surface area contributed by atoms with Crippen molar-refractivity contribution >= 4 is 18.3 Å². The number of aryl methyl sites for hydroxylation is 1. The van der Waals surface area contributed by atoms with E-state index in [1.807, 2.05) is 43.5 Å². The summed E-state index contributed by atoms with van der Waals surface area (Å²) in [6.07, 6.45) is 11.0. The number of carbonyl (C=O) groups excluding carboxylic acids is 2. The van der Waals surface area contributed by atoms with Crippen LogP contribution in [0.1, 0.15) is 126 Å². The lowest BCUT2D eigenvalue weighted by Crippen LogP contribution is -2.41. The normalized spacial score (nSPS) is 18.2. The number of benzene rings is 2. The predicted octanol–water partition coefficient (Wildman–Crippen LogP) is 8.60. The third-order valence-electron chi connectivity index (χ3n) is 16.2. The molecule has 3 aromatic heterocycles. The lowest BCUT2D eigenvalue weighted by Gasteiger charge is -2.33. The van der Waals surface area contributed by atoms with Crippen molar-refractivity contribution in [1.82, 2.24) is 49.9 Å². The highest BCUT2D eigenvalue weighted by Crippen LogP contribution is 2.38. The largest absolute Gasteiger partial charge is 0.484 e. The van der Waals surface area contributed by atoms with Gasteiger partial charge in [0.25, 0.3) is 6.47 Å². The van der Waals surface area contributed by atoms with Crippen LogP contribution in [-0.2, 0) is 60.6 Å². The van der Waals surface area contributed by atoms with Crippen LogP contribution in [-0.4, -0.2) is 200 Å². The molecule has 28 heteroatoms. The topological polar surface area (TPSA) is 232 Å². The number of alkyl halides is 2. The maximum absolute atomic E-state index is 13.9. The summed E-state index contributed by atoms with van der Waals surface area (Å²) in [6, 6.07) is 11.6. The quantitative estimate of drug-likeness (QED) is 0.0219. The second-order valence-corrected chi connectivity index (χ2v) is 23.0. The Hall–Kier alpha value is -6.37. The van der Waals surface area contributed by atoms with Gasteiger partial charge in [0, 0.05) is 81.2 Å². The summed E-state index contributed by atoms with van der Waals surface area (Å²) in [4.78, 5) is 37.3. The van der Waals surface area contributed by atoms with Gasteiger partial charge < -0.3 is 62.2 Å². The number of anilines is 1. The van der Waals surface area contributed by atoms with E-state index in [-0.39, 0.29) is 68.6 Å². The van der Waals surface area contributed by atoms with Crippen molar-refractivity contribution in [2.45, 2.75) is 141 Å². The number of rotatable bonds is 42. The van der Waals surface area contributed by atoms with Crippen molar-refractivity contribution in [3.63, 3.8) is 0 Å². The molecule has 5 aromatic rings. The van der Waals surface area contributed by atoms with Crippen molar-refractivity contribution in [2.75, 3.05) is 130 Å². The molecule has 1 saturated carbocycles. The molecule has 1 aliphatic carbocycles. The molecule has 3 aliphatic rings. The van der Waals surface area contributed by atoms with E-state index >= 15 is 0 Å². The number of nitrogens with one attached hydrogen (secondary N) is 1. The minimum absolute atomic E-state index is 0.114. The van der Waals surface area contributed by atoms with Gasteiger partial charge in [0.1, 0.15) is 29.8 Å². The Morgan fingerprint density at radius 1 is 0.739 bits per heavy atom. The van der Waals surface area contributed by atoms with Crippen LogP contribution in [0.15, 0.2) is 61.1 Å². The smallest absolute Gasteiger partial charge is 0.298 e. The Morgan fingerprint density at radius 3 is 1.89 bits per heavy atom. The molecule has 5 atom stereocenters. The lowest BCUT2D eigenvalue weighted by molar-refractivity contribution is -0.130. The molecular formula is C64H92F5N11O12. The number of halogens is 5. The molecule has 2 aromatic carbocycles. The molecule has 1 N–H and O–H groups in total. The van der Waals surface area contributed by atoms with Gasteiger partial charge in [0.2, 0.25) is 23.5 Å². The van der Waals surface area contributed by atoms with E-state index in [0.717, 1.165) is 82.0 Å². The van der Waals surface area contributed by atoms with Gasteiger partial charge >= 0.3 is 0 Å². The first-order valence-electron chi connectivity index (χ1n) is 32.1. The predicted molar refractivity (Wildman–Crippen MR) is 328 cm³/mol. The second-order valence-electron chi connectivity index (χ2n) is 23.0. The molecular weight excluding hydrogens is 1210 g/mol. The van der Waals surface area contributed by atoms with Crippen LogP contribution in [0.2, 0.25) is 0 Å². The summed E-state index contributed by atoms with van der Waals surface area (Å²) >= 11 is 0. The molecule has 0 bridgehead atoms. The highest BCUT2D eigenvalue weighted by Gasteiger charge is 2.39. The summed E-state index contributed by atoms with van der Waals surface area (Å²) in [5, 5.41) is 21.1. The minimum atomic E-state index is -2.67. The number of nitrogens with zero attached hydrogens (tertiary/aromatic N) is 10.